The van der Waals surface area contributed by atoms with E-state index in [1.165, 1.54) is 23.9 Å². The van der Waals surface area contributed by atoms with Crippen molar-refractivity contribution < 1.29 is 5.76 Å². The maximum Gasteiger partial charge on any atom is 0.123 e. The Hall–Kier alpha value is -4.48. The fourth-order valence-corrected chi connectivity index (χ4v) is 4.98. The van der Waals surface area contributed by atoms with Gasteiger partial charge in [0.2, 0.25) is 0 Å². The number of nitrogens with zero attached hydrogens (tertiary/aromatic N) is 5. The van der Waals surface area contributed by atoms with Crippen LogP contribution in [0, 0.1) is 17.1 Å². The molecular weight excluding hydrogens is 525 g/mol. The summed E-state index contributed by atoms with van der Waals surface area (Å²) in [4.78, 5) is 4.45. The summed E-state index contributed by atoms with van der Waals surface area (Å²) in [5, 5.41) is 26.2. The SMILES string of the molecule is [2H]C(Nc1cc(Cl)c2ncc(C#N)c(NCC(C)c3ccccc3)c2c1)(c1ccc(F)cc1)c1cn(C2CC2)nn1. The Morgan fingerprint density at radius 2 is 1.93 bits per heavy atom. The Labute approximate surface area is 238 Å². The van der Waals surface area contributed by atoms with Gasteiger partial charge in [0.05, 0.1) is 41.4 Å². The van der Waals surface area contributed by atoms with Gasteiger partial charge < -0.3 is 10.6 Å². The first-order chi connectivity index (χ1) is 19.9. The molecule has 1 aliphatic rings. The van der Waals surface area contributed by atoms with E-state index in [9.17, 15) is 11.0 Å². The monoisotopic (exact) mass is 552 g/mol. The minimum Gasteiger partial charge on any atom is -0.383 e. The van der Waals surface area contributed by atoms with E-state index in [0.717, 1.165) is 12.8 Å². The van der Waals surface area contributed by atoms with Gasteiger partial charge in [-0.2, -0.15) is 5.26 Å². The van der Waals surface area contributed by atoms with Crippen LogP contribution in [0.3, 0.4) is 0 Å². The molecule has 0 aliphatic heterocycles. The Morgan fingerprint density at radius 1 is 1.15 bits per heavy atom. The minimum absolute atomic E-state index is 0.177. The number of anilines is 2. The maximum atomic E-state index is 13.8. The number of rotatable bonds is 9. The number of aromatic nitrogens is 4. The second-order valence-electron chi connectivity index (χ2n) is 10.0. The van der Waals surface area contributed by atoms with Crippen molar-refractivity contribution in [2.75, 3.05) is 17.2 Å². The Morgan fingerprint density at radius 3 is 2.65 bits per heavy atom. The molecule has 1 fully saturated rings. The summed E-state index contributed by atoms with van der Waals surface area (Å²) in [6.07, 6.45) is 5.31. The number of halogens is 2. The Kier molecular flexibility index (Phi) is 6.72. The van der Waals surface area contributed by atoms with E-state index in [2.05, 4.69) is 51.1 Å². The molecule has 0 spiro atoms. The molecule has 40 heavy (non-hydrogen) atoms. The first kappa shape index (κ1) is 24.6. The summed E-state index contributed by atoms with van der Waals surface area (Å²) in [6.45, 7) is 2.69. The molecule has 2 heterocycles. The first-order valence-corrected chi connectivity index (χ1v) is 13.5. The van der Waals surface area contributed by atoms with Crippen molar-refractivity contribution in [3.8, 4) is 6.07 Å². The van der Waals surface area contributed by atoms with Crippen molar-refractivity contribution >= 4 is 33.9 Å². The van der Waals surface area contributed by atoms with E-state index in [4.69, 9.17) is 11.6 Å². The van der Waals surface area contributed by atoms with E-state index in [-0.39, 0.29) is 12.0 Å². The molecule has 1 aliphatic carbocycles. The molecule has 200 valence electrons. The van der Waals surface area contributed by atoms with Crippen molar-refractivity contribution in [1.82, 2.24) is 20.0 Å². The molecule has 9 heteroatoms. The third-order valence-corrected chi connectivity index (χ3v) is 7.38. The molecule has 2 aromatic heterocycles. The number of fused-ring (bicyclic) bond motifs is 1. The molecule has 0 amide bonds. The molecule has 5 aromatic rings. The van der Waals surface area contributed by atoms with E-state index < -0.39 is 11.8 Å². The number of hydrogen-bond acceptors (Lipinski definition) is 6. The summed E-state index contributed by atoms with van der Waals surface area (Å²) in [6, 6.07) is 20.3. The van der Waals surface area contributed by atoms with Gasteiger partial charge in [0, 0.05) is 23.8 Å². The van der Waals surface area contributed by atoms with Crippen LogP contribution in [0.25, 0.3) is 10.9 Å². The quantitative estimate of drug-likeness (QED) is 0.200. The third-order valence-electron chi connectivity index (χ3n) is 7.09. The average Bonchev–Trinajstić information content (AvgIpc) is 3.71. The molecule has 2 unspecified atom stereocenters. The van der Waals surface area contributed by atoms with E-state index in [1.807, 2.05) is 24.3 Å². The Balaban J connectivity index is 1.40. The molecule has 3 aromatic carbocycles. The second-order valence-corrected chi connectivity index (χ2v) is 10.4. The summed E-state index contributed by atoms with van der Waals surface area (Å²) < 4.78 is 25.2. The van der Waals surface area contributed by atoms with Crippen molar-refractivity contribution in [3.63, 3.8) is 0 Å². The normalized spacial score (nSPS) is 15.6. The molecular formula is C31H27ClFN7. The zero-order valence-electron chi connectivity index (χ0n) is 22.8. The second kappa shape index (κ2) is 10.9. The van der Waals surface area contributed by atoms with Crippen LogP contribution in [0.15, 0.2) is 79.1 Å². The van der Waals surface area contributed by atoms with Crippen LogP contribution >= 0.6 is 11.6 Å². The van der Waals surface area contributed by atoms with Crippen LogP contribution in [0.1, 0.15) is 61.5 Å². The predicted molar refractivity (Wildman–Crippen MR) is 155 cm³/mol. The fourth-order valence-electron chi connectivity index (χ4n) is 4.72. The number of hydrogen-bond donors (Lipinski definition) is 2. The average molecular weight is 553 g/mol. The molecule has 0 bridgehead atoms. The van der Waals surface area contributed by atoms with Gasteiger partial charge in [-0.3, -0.25) is 4.98 Å². The van der Waals surface area contributed by atoms with Crippen LogP contribution < -0.4 is 10.6 Å². The zero-order valence-corrected chi connectivity index (χ0v) is 22.5. The highest BCUT2D eigenvalue weighted by Gasteiger charge is 2.27. The number of benzene rings is 3. The predicted octanol–water partition coefficient (Wildman–Crippen LogP) is 7.24. The van der Waals surface area contributed by atoms with E-state index in [1.54, 1.807) is 29.1 Å². The van der Waals surface area contributed by atoms with Gasteiger partial charge in [-0.15, -0.1) is 5.10 Å². The molecule has 7 nitrogen and oxygen atoms in total. The van der Waals surface area contributed by atoms with Crippen LogP contribution in [-0.4, -0.2) is 26.5 Å². The van der Waals surface area contributed by atoms with Gasteiger partial charge in [0.1, 0.15) is 17.6 Å². The van der Waals surface area contributed by atoms with Gasteiger partial charge >= 0.3 is 0 Å². The van der Waals surface area contributed by atoms with Crippen molar-refractivity contribution in [2.24, 2.45) is 0 Å². The van der Waals surface area contributed by atoms with Crippen molar-refractivity contribution in [2.45, 2.75) is 37.7 Å². The van der Waals surface area contributed by atoms with Gasteiger partial charge in [-0.1, -0.05) is 66.2 Å². The van der Waals surface area contributed by atoms with Crippen molar-refractivity contribution in [1.29, 1.82) is 5.26 Å². The van der Waals surface area contributed by atoms with E-state index in [0.29, 0.717) is 50.7 Å². The highest BCUT2D eigenvalue weighted by molar-refractivity contribution is 6.35. The number of nitrogens with one attached hydrogen (secondary N) is 2. The summed E-state index contributed by atoms with van der Waals surface area (Å²) in [5.74, 6) is -0.224. The molecule has 0 radical (unpaired) electrons. The topological polar surface area (TPSA) is 91.5 Å². The molecule has 2 N–H and O–H groups in total. The van der Waals surface area contributed by atoms with E-state index >= 15 is 0 Å². The fraction of sp³-hybridized carbons (Fsp3) is 0.226. The summed E-state index contributed by atoms with van der Waals surface area (Å²) in [5.41, 5.74) is 4.07. The van der Waals surface area contributed by atoms with Gasteiger partial charge in [0.15, 0.2) is 0 Å². The van der Waals surface area contributed by atoms with Gasteiger partial charge in [-0.05, 0) is 54.2 Å². The van der Waals surface area contributed by atoms with Crippen molar-refractivity contribution in [3.05, 3.63) is 112 Å². The highest BCUT2D eigenvalue weighted by atomic mass is 35.5. The largest absolute Gasteiger partial charge is 0.383 e. The third kappa shape index (κ3) is 5.33. The maximum absolute atomic E-state index is 13.8. The molecule has 6 rings (SSSR count). The summed E-state index contributed by atoms with van der Waals surface area (Å²) in [7, 11) is 0. The molecule has 2 atom stereocenters. The van der Waals surface area contributed by atoms with Crippen LogP contribution in [0.4, 0.5) is 15.8 Å². The first-order valence-electron chi connectivity index (χ1n) is 13.6. The minimum atomic E-state index is -1.60. The van der Waals surface area contributed by atoms with Crippen LogP contribution in [0.2, 0.25) is 5.02 Å². The van der Waals surface area contributed by atoms with Crippen LogP contribution in [-0.2, 0) is 0 Å². The Bertz CT molecular complexity index is 1750. The lowest BCUT2D eigenvalue weighted by Gasteiger charge is -2.20. The lowest BCUT2D eigenvalue weighted by Crippen LogP contribution is -2.14. The smallest absolute Gasteiger partial charge is 0.123 e. The van der Waals surface area contributed by atoms with Gasteiger partial charge in [0.25, 0.3) is 0 Å². The zero-order chi connectivity index (χ0) is 28.6. The lowest BCUT2D eigenvalue weighted by molar-refractivity contribution is 0.610. The molecule has 0 saturated heterocycles. The molecule has 1 saturated carbocycles. The standard InChI is InChI=1S/C31H27ClFN7/c1-19(20-5-3-2-4-6-20)16-35-29-22(15-34)17-36-31-26(29)13-24(14-27(31)32)37-30(21-7-9-23(33)10-8-21)28-18-40(39-38-28)25-11-12-25/h2-10,13-14,17-19,25,30,37H,11-12,16H2,1H3,(H,35,36)/i30D. The number of nitriles is 1. The van der Waals surface area contributed by atoms with Crippen LogP contribution in [0.5, 0.6) is 0 Å². The summed E-state index contributed by atoms with van der Waals surface area (Å²) >= 11 is 6.73. The number of pyridine rings is 1. The highest BCUT2D eigenvalue weighted by Crippen LogP contribution is 2.37. The van der Waals surface area contributed by atoms with Gasteiger partial charge in [-0.25, -0.2) is 9.07 Å². The lowest BCUT2D eigenvalue weighted by atomic mass is 10.0.